The number of H-pyrrole nitrogens is 1. The van der Waals surface area contributed by atoms with Gasteiger partial charge in [0.2, 0.25) is 0 Å². The Kier molecular flexibility index (Phi) is 4.70. The quantitative estimate of drug-likeness (QED) is 0.438. The number of para-hydroxylation sites is 1. The first-order valence-electron chi connectivity index (χ1n) is 10.5. The smallest absolute Gasteiger partial charge is 0.179 e. The molecule has 1 atom stereocenters. The fraction of sp³-hybridized carbons (Fsp3) is 0.120. The molecule has 5 aromatic rings. The van der Waals surface area contributed by atoms with Crippen LogP contribution in [0.2, 0.25) is 0 Å². The fourth-order valence-corrected chi connectivity index (χ4v) is 4.06. The first-order valence-corrected chi connectivity index (χ1v) is 10.5. The molecule has 1 aliphatic heterocycles. The van der Waals surface area contributed by atoms with E-state index < -0.39 is 6.10 Å². The molecule has 0 aliphatic carbocycles. The summed E-state index contributed by atoms with van der Waals surface area (Å²) in [5, 5.41) is 26.2. The number of aliphatic hydroxyl groups is 1. The maximum absolute atomic E-state index is 11.1. The van der Waals surface area contributed by atoms with Crippen molar-refractivity contribution in [2.24, 2.45) is 0 Å². The molecule has 2 N–H and O–H groups in total. The Morgan fingerprint density at radius 3 is 2.85 bits per heavy atom. The molecule has 0 fully saturated rings. The van der Waals surface area contributed by atoms with E-state index in [2.05, 4.69) is 25.6 Å². The number of aromatic nitrogens is 5. The van der Waals surface area contributed by atoms with Crippen LogP contribution in [0.25, 0.3) is 22.3 Å². The van der Waals surface area contributed by atoms with Crippen molar-refractivity contribution in [3.8, 4) is 22.9 Å². The van der Waals surface area contributed by atoms with Gasteiger partial charge in [-0.3, -0.25) is 0 Å². The Balaban J connectivity index is 1.25. The molecule has 3 aromatic carbocycles. The van der Waals surface area contributed by atoms with Crippen molar-refractivity contribution >= 4 is 10.9 Å². The van der Waals surface area contributed by atoms with Gasteiger partial charge in [0, 0.05) is 16.5 Å². The number of fused-ring (bicyclic) bond motifs is 3. The summed E-state index contributed by atoms with van der Waals surface area (Å²) in [6.45, 7) is 0.655. The van der Waals surface area contributed by atoms with Crippen molar-refractivity contribution in [3.05, 3.63) is 95.2 Å². The zero-order valence-corrected chi connectivity index (χ0v) is 17.5. The van der Waals surface area contributed by atoms with Crippen molar-refractivity contribution in [1.82, 2.24) is 25.6 Å². The van der Waals surface area contributed by atoms with Gasteiger partial charge in [0.15, 0.2) is 5.82 Å². The molecule has 8 nitrogen and oxygen atoms in total. The van der Waals surface area contributed by atoms with Crippen LogP contribution in [0.15, 0.2) is 72.8 Å². The molecular weight excluding hydrogens is 418 g/mol. The lowest BCUT2D eigenvalue weighted by Gasteiger charge is -2.15. The minimum absolute atomic E-state index is 0.325. The molecule has 6 rings (SSSR count). The fourth-order valence-electron chi connectivity index (χ4n) is 4.06. The van der Waals surface area contributed by atoms with E-state index >= 15 is 0 Å². The predicted molar refractivity (Wildman–Crippen MR) is 121 cm³/mol. The van der Waals surface area contributed by atoms with E-state index in [1.54, 1.807) is 0 Å². The molecule has 3 heterocycles. The normalized spacial score (nSPS) is 14.8. The molecule has 0 radical (unpaired) electrons. The summed E-state index contributed by atoms with van der Waals surface area (Å²) in [4.78, 5) is 4.65. The van der Waals surface area contributed by atoms with E-state index in [1.807, 2.05) is 72.8 Å². The zero-order valence-electron chi connectivity index (χ0n) is 17.5. The summed E-state index contributed by atoms with van der Waals surface area (Å²) < 4.78 is 12.0. The predicted octanol–water partition coefficient (Wildman–Crippen LogP) is 3.97. The number of benzene rings is 3. The number of nitrogens with zero attached hydrogens (tertiary/aromatic N) is 4. The van der Waals surface area contributed by atoms with E-state index in [4.69, 9.17) is 9.47 Å². The van der Waals surface area contributed by atoms with Crippen LogP contribution in [0.3, 0.4) is 0 Å². The van der Waals surface area contributed by atoms with Gasteiger partial charge in [-0.15, -0.1) is 5.10 Å². The molecule has 1 aliphatic rings. The van der Waals surface area contributed by atoms with Crippen molar-refractivity contribution in [1.29, 1.82) is 0 Å². The number of hydrogen-bond donors (Lipinski definition) is 2. The summed E-state index contributed by atoms with van der Waals surface area (Å²) in [5.41, 5.74) is 4.90. The molecule has 0 spiro atoms. The number of nitrogens with one attached hydrogen (secondary N) is 1. The van der Waals surface area contributed by atoms with Crippen LogP contribution in [0.5, 0.6) is 11.5 Å². The topological polar surface area (TPSA) is 106 Å². The summed E-state index contributed by atoms with van der Waals surface area (Å²) in [6.07, 6.45) is -0.846. The molecule has 0 amide bonds. The van der Waals surface area contributed by atoms with Gasteiger partial charge < -0.3 is 14.6 Å². The van der Waals surface area contributed by atoms with Crippen LogP contribution >= 0.6 is 0 Å². The second-order valence-electron chi connectivity index (χ2n) is 7.84. The SMILES string of the molecule is OC1c2ccc(-c3nnn[nH]3)cc2COc2ccc(OCc3ccc4ccccc4n3)cc21. The average Bonchev–Trinajstić information content (AvgIpc) is 3.37. The Bertz CT molecular complexity index is 1450. The van der Waals surface area contributed by atoms with Crippen molar-refractivity contribution in [3.63, 3.8) is 0 Å². The summed E-state index contributed by atoms with van der Waals surface area (Å²) >= 11 is 0. The number of tetrazole rings is 1. The number of aromatic amines is 1. The molecule has 8 heteroatoms. The molecule has 0 saturated heterocycles. The third-order valence-corrected chi connectivity index (χ3v) is 5.76. The van der Waals surface area contributed by atoms with E-state index in [0.717, 1.165) is 33.3 Å². The maximum atomic E-state index is 11.1. The summed E-state index contributed by atoms with van der Waals surface area (Å²) in [6, 6.07) is 23.1. The van der Waals surface area contributed by atoms with E-state index in [-0.39, 0.29) is 0 Å². The highest BCUT2D eigenvalue weighted by molar-refractivity contribution is 5.78. The first-order chi connectivity index (χ1) is 16.2. The second kappa shape index (κ2) is 7.99. The van der Waals surface area contributed by atoms with Crippen molar-refractivity contribution < 1.29 is 14.6 Å². The molecular formula is C25H19N5O3. The highest BCUT2D eigenvalue weighted by Gasteiger charge is 2.24. The monoisotopic (exact) mass is 437 g/mol. The van der Waals surface area contributed by atoms with Crippen LogP contribution in [0.4, 0.5) is 0 Å². The summed E-state index contributed by atoms with van der Waals surface area (Å²) in [7, 11) is 0. The minimum Gasteiger partial charge on any atom is -0.488 e. The standard InChI is InChI=1S/C25H19N5O3/c31-24-20-9-6-16(25-27-29-30-28-25)11-17(20)13-33-23-10-8-19(12-21(23)24)32-14-18-7-5-15-3-1-2-4-22(15)26-18/h1-12,24,31H,13-14H2,(H,27,28,29,30). The van der Waals surface area contributed by atoms with E-state index in [1.165, 1.54) is 0 Å². The lowest BCUT2D eigenvalue weighted by Crippen LogP contribution is -2.03. The second-order valence-corrected chi connectivity index (χ2v) is 7.84. The van der Waals surface area contributed by atoms with Gasteiger partial charge in [-0.1, -0.05) is 36.4 Å². The number of hydrogen-bond acceptors (Lipinski definition) is 7. The van der Waals surface area contributed by atoms with Gasteiger partial charge in [0.05, 0.1) is 11.2 Å². The molecule has 2 aromatic heterocycles. The lowest BCUT2D eigenvalue weighted by molar-refractivity contribution is 0.217. The van der Waals surface area contributed by atoms with Crippen molar-refractivity contribution in [2.45, 2.75) is 19.3 Å². The molecule has 33 heavy (non-hydrogen) atoms. The van der Waals surface area contributed by atoms with E-state index in [9.17, 15) is 5.11 Å². The third-order valence-electron chi connectivity index (χ3n) is 5.76. The van der Waals surface area contributed by atoms with Crippen LogP contribution in [0, 0.1) is 0 Å². The Morgan fingerprint density at radius 2 is 1.94 bits per heavy atom. The molecule has 1 unspecified atom stereocenters. The Labute approximate surface area is 188 Å². The highest BCUT2D eigenvalue weighted by Crippen LogP contribution is 2.38. The van der Waals surface area contributed by atoms with Gasteiger partial charge in [-0.25, -0.2) is 10.1 Å². The first kappa shape index (κ1) is 19.4. The minimum atomic E-state index is -0.846. The zero-order chi connectivity index (χ0) is 22.2. The highest BCUT2D eigenvalue weighted by atomic mass is 16.5. The number of ether oxygens (including phenoxy) is 2. The largest absolute Gasteiger partial charge is 0.488 e. The van der Waals surface area contributed by atoms with Gasteiger partial charge in [0.25, 0.3) is 0 Å². The van der Waals surface area contributed by atoms with Gasteiger partial charge >= 0.3 is 0 Å². The molecule has 0 saturated carbocycles. The Hall–Kier alpha value is -4.30. The molecule has 162 valence electrons. The number of pyridine rings is 1. The van der Waals surface area contributed by atoms with E-state index in [0.29, 0.717) is 36.1 Å². The van der Waals surface area contributed by atoms with Crippen LogP contribution < -0.4 is 9.47 Å². The van der Waals surface area contributed by atoms with Crippen LogP contribution in [-0.4, -0.2) is 30.7 Å². The molecule has 0 bridgehead atoms. The van der Waals surface area contributed by atoms with Crippen LogP contribution in [0.1, 0.15) is 28.5 Å². The van der Waals surface area contributed by atoms with Gasteiger partial charge in [-0.2, -0.15) is 0 Å². The van der Waals surface area contributed by atoms with Crippen LogP contribution in [-0.2, 0) is 13.2 Å². The maximum Gasteiger partial charge on any atom is 0.179 e. The van der Waals surface area contributed by atoms with Crippen molar-refractivity contribution in [2.75, 3.05) is 0 Å². The summed E-state index contributed by atoms with van der Waals surface area (Å²) in [5.74, 6) is 1.82. The number of aliphatic hydroxyl groups excluding tert-OH is 1. The Morgan fingerprint density at radius 1 is 1.00 bits per heavy atom. The van der Waals surface area contributed by atoms with Gasteiger partial charge in [0.1, 0.15) is 30.8 Å². The third kappa shape index (κ3) is 3.66. The lowest BCUT2D eigenvalue weighted by atomic mass is 9.95. The van der Waals surface area contributed by atoms with Gasteiger partial charge in [-0.05, 0) is 58.0 Å². The average molecular weight is 437 g/mol. The number of rotatable bonds is 4.